The molecule has 0 saturated carbocycles. The molecule has 0 heterocycles. The SMILES string of the molecule is [CH2]C(=O)O.[MgH2].[NaH]. The zero-order chi connectivity index (χ0) is 3.58. The fraction of sp³-hybridized carbons (Fsp3) is 0. The minimum absolute atomic E-state index is 0. The van der Waals surface area contributed by atoms with E-state index in [2.05, 4.69) is 6.92 Å². The average Bonchev–Trinajstić information content (AvgIpc) is 0.811. The Labute approximate surface area is 74.7 Å². The molecule has 0 aromatic rings. The van der Waals surface area contributed by atoms with Crippen molar-refractivity contribution < 1.29 is 9.90 Å². The van der Waals surface area contributed by atoms with Gasteiger partial charge in [0.2, 0.25) is 0 Å². The summed E-state index contributed by atoms with van der Waals surface area (Å²) in [6, 6.07) is 0. The van der Waals surface area contributed by atoms with E-state index in [0.29, 0.717) is 0 Å². The van der Waals surface area contributed by atoms with Crippen molar-refractivity contribution in [2.75, 3.05) is 0 Å². The molecule has 4 heteroatoms. The van der Waals surface area contributed by atoms with E-state index in [-0.39, 0.29) is 52.6 Å². The minimum atomic E-state index is -1.08. The molecule has 0 spiro atoms. The van der Waals surface area contributed by atoms with Gasteiger partial charge in [-0.1, -0.05) is 0 Å². The molecule has 0 fully saturated rings. The van der Waals surface area contributed by atoms with Crippen LogP contribution in [-0.4, -0.2) is 63.7 Å². The average molecular weight is 109 g/mol. The summed E-state index contributed by atoms with van der Waals surface area (Å²) in [4.78, 5) is 8.89. The Bertz CT molecular complexity index is 34.5. The molecule has 2 nitrogen and oxygen atoms in total. The summed E-state index contributed by atoms with van der Waals surface area (Å²) in [7, 11) is 0. The van der Waals surface area contributed by atoms with E-state index >= 15 is 0 Å². The first-order valence-electron chi connectivity index (χ1n) is 0.781. The number of carboxylic acids is 1. The zero-order valence-corrected chi connectivity index (χ0v) is 2.06. The number of carbonyl (C=O) groups is 1. The predicted octanol–water partition coefficient (Wildman–Crippen LogP) is -1.66. The molecule has 29 valence electrons. The van der Waals surface area contributed by atoms with Gasteiger partial charge in [-0.25, -0.2) is 0 Å². The van der Waals surface area contributed by atoms with E-state index in [0.717, 1.165) is 0 Å². The molecule has 0 atom stereocenters. The van der Waals surface area contributed by atoms with Crippen LogP contribution < -0.4 is 0 Å². The number of carboxylic acid groups (broad SMARTS) is 1. The van der Waals surface area contributed by atoms with E-state index in [1.54, 1.807) is 0 Å². The Morgan fingerprint density at radius 3 is 1.67 bits per heavy atom. The monoisotopic (exact) mass is 109 g/mol. The normalized spacial score (nSPS) is 4.17. The third kappa shape index (κ3) is 61.5. The van der Waals surface area contributed by atoms with Crippen LogP contribution in [0.5, 0.6) is 0 Å². The fourth-order valence-electron chi connectivity index (χ4n) is 0. The molecule has 0 unspecified atom stereocenters. The third-order valence-corrected chi connectivity index (χ3v) is 0. The summed E-state index contributed by atoms with van der Waals surface area (Å²) < 4.78 is 0. The predicted molar refractivity (Wildman–Crippen MR) is 28.7 cm³/mol. The molecular weight excluding hydrogens is 103 g/mol. The van der Waals surface area contributed by atoms with E-state index in [1.807, 2.05) is 0 Å². The quantitative estimate of drug-likeness (QED) is 0.378. The first kappa shape index (κ1) is 15.7. The van der Waals surface area contributed by atoms with Gasteiger partial charge >= 0.3 is 58.6 Å². The Morgan fingerprint density at radius 1 is 1.67 bits per heavy atom. The van der Waals surface area contributed by atoms with Crippen molar-refractivity contribution in [3.8, 4) is 0 Å². The van der Waals surface area contributed by atoms with Crippen LogP contribution in [0.3, 0.4) is 0 Å². The van der Waals surface area contributed by atoms with Crippen LogP contribution in [0, 0.1) is 6.92 Å². The Hall–Kier alpha value is 1.24. The van der Waals surface area contributed by atoms with Gasteiger partial charge in [-0.15, -0.1) is 0 Å². The fourth-order valence-corrected chi connectivity index (χ4v) is 0. The molecule has 0 aliphatic carbocycles. The molecule has 6 heavy (non-hydrogen) atoms. The molecule has 0 rings (SSSR count). The summed E-state index contributed by atoms with van der Waals surface area (Å²) >= 11 is 0. The number of hydrogen-bond donors (Lipinski definition) is 1. The topological polar surface area (TPSA) is 37.3 Å². The molecular formula is C2H6MgNaO2. The molecule has 1 radical (unpaired) electrons. The molecule has 0 saturated heterocycles. The molecule has 0 aliphatic rings. The standard InChI is InChI=1S/C2H3O2.Mg.Na.3H/c1-2(3)4;;;;;/h1H2,(H,3,4);;;;;. The Balaban J connectivity index is -0.0000000450. The first-order chi connectivity index (χ1) is 1.73. The van der Waals surface area contributed by atoms with Crippen molar-refractivity contribution in [3.63, 3.8) is 0 Å². The van der Waals surface area contributed by atoms with Crippen molar-refractivity contribution in [2.24, 2.45) is 0 Å². The van der Waals surface area contributed by atoms with Crippen LogP contribution in [0.15, 0.2) is 0 Å². The van der Waals surface area contributed by atoms with E-state index < -0.39 is 5.97 Å². The zero-order valence-electron chi connectivity index (χ0n) is 2.06. The maximum atomic E-state index is 8.89. The molecule has 0 amide bonds. The van der Waals surface area contributed by atoms with Gasteiger partial charge in [-0.3, -0.25) is 4.79 Å². The molecule has 0 aromatic carbocycles. The van der Waals surface area contributed by atoms with E-state index in [9.17, 15) is 0 Å². The van der Waals surface area contributed by atoms with Crippen LogP contribution in [0.2, 0.25) is 0 Å². The van der Waals surface area contributed by atoms with Crippen LogP contribution in [0.1, 0.15) is 0 Å². The van der Waals surface area contributed by atoms with Crippen LogP contribution in [-0.2, 0) is 4.79 Å². The molecule has 0 aromatic heterocycles. The van der Waals surface area contributed by atoms with E-state index in [4.69, 9.17) is 9.90 Å². The Morgan fingerprint density at radius 2 is 1.67 bits per heavy atom. The van der Waals surface area contributed by atoms with Crippen molar-refractivity contribution in [3.05, 3.63) is 6.92 Å². The van der Waals surface area contributed by atoms with Crippen molar-refractivity contribution in [1.82, 2.24) is 0 Å². The summed E-state index contributed by atoms with van der Waals surface area (Å²) in [6.45, 7) is 2.56. The van der Waals surface area contributed by atoms with E-state index in [1.165, 1.54) is 0 Å². The number of aliphatic carboxylic acids is 1. The van der Waals surface area contributed by atoms with Gasteiger partial charge in [0.1, 0.15) is 0 Å². The van der Waals surface area contributed by atoms with Gasteiger partial charge in [-0.2, -0.15) is 0 Å². The molecule has 1 N–H and O–H groups in total. The second kappa shape index (κ2) is 9.53. The van der Waals surface area contributed by atoms with Gasteiger partial charge in [0, 0.05) is 0 Å². The summed E-state index contributed by atoms with van der Waals surface area (Å²) in [5.41, 5.74) is 0. The van der Waals surface area contributed by atoms with Gasteiger partial charge in [0.25, 0.3) is 0 Å². The maximum absolute atomic E-state index is 8.89. The van der Waals surface area contributed by atoms with Crippen LogP contribution in [0.4, 0.5) is 0 Å². The van der Waals surface area contributed by atoms with Crippen molar-refractivity contribution in [1.29, 1.82) is 0 Å². The summed E-state index contributed by atoms with van der Waals surface area (Å²) in [6.07, 6.45) is 0. The van der Waals surface area contributed by atoms with Gasteiger partial charge in [0.05, 0.1) is 6.92 Å². The summed E-state index contributed by atoms with van der Waals surface area (Å²) in [5.74, 6) is -1.08. The van der Waals surface area contributed by atoms with Crippen LogP contribution >= 0.6 is 0 Å². The second-order valence-corrected chi connectivity index (χ2v) is 0.394. The van der Waals surface area contributed by atoms with Gasteiger partial charge < -0.3 is 5.11 Å². The number of rotatable bonds is 0. The molecule has 0 aliphatic heterocycles. The second-order valence-electron chi connectivity index (χ2n) is 0.394. The van der Waals surface area contributed by atoms with Crippen molar-refractivity contribution in [2.45, 2.75) is 0 Å². The number of hydrogen-bond acceptors (Lipinski definition) is 1. The summed E-state index contributed by atoms with van der Waals surface area (Å²) in [5, 5.41) is 7.31. The first-order valence-corrected chi connectivity index (χ1v) is 0.781. The Kier molecular flexibility index (Phi) is 24.9. The third-order valence-electron chi connectivity index (χ3n) is 0. The van der Waals surface area contributed by atoms with Crippen molar-refractivity contribution >= 4 is 58.6 Å². The van der Waals surface area contributed by atoms with Crippen LogP contribution in [0.25, 0.3) is 0 Å². The van der Waals surface area contributed by atoms with Gasteiger partial charge in [-0.05, 0) is 0 Å². The molecule has 0 bridgehead atoms. The van der Waals surface area contributed by atoms with Gasteiger partial charge in [0.15, 0.2) is 0 Å².